The van der Waals surface area contributed by atoms with E-state index in [1.807, 2.05) is 18.3 Å². The Bertz CT molecular complexity index is 844. The maximum atomic E-state index is 5.96. The van der Waals surface area contributed by atoms with Crippen LogP contribution in [-0.2, 0) is 10.5 Å². The van der Waals surface area contributed by atoms with Gasteiger partial charge in [0.05, 0.1) is 18.5 Å². The van der Waals surface area contributed by atoms with Crippen LogP contribution in [0.15, 0.2) is 78.1 Å². The number of nitrogens with zero attached hydrogens (tertiary/aromatic N) is 2. The zero-order chi connectivity index (χ0) is 18.3. The van der Waals surface area contributed by atoms with Gasteiger partial charge in [0, 0.05) is 18.4 Å². The minimum Gasteiger partial charge on any atom is -0.373 e. The Balaban J connectivity index is 1.36. The number of ether oxygens (including phenoxy) is 1. The van der Waals surface area contributed by atoms with Crippen molar-refractivity contribution in [3.8, 4) is 0 Å². The fourth-order valence-corrected chi connectivity index (χ4v) is 4.06. The van der Waals surface area contributed by atoms with Gasteiger partial charge in [-0.05, 0) is 24.0 Å². The summed E-state index contributed by atoms with van der Waals surface area (Å²) in [6, 6.07) is 21.2. The van der Waals surface area contributed by atoms with E-state index in [0.717, 1.165) is 36.0 Å². The minimum atomic E-state index is 0.140. The lowest BCUT2D eigenvalue weighted by Crippen LogP contribution is -2.30. The summed E-state index contributed by atoms with van der Waals surface area (Å²) in [5, 5.41) is 4.49. The molecule has 1 N–H and O–H groups in total. The molecule has 0 amide bonds. The van der Waals surface area contributed by atoms with Gasteiger partial charge in [-0.2, -0.15) is 0 Å². The molecule has 1 aliphatic heterocycles. The van der Waals surface area contributed by atoms with E-state index < -0.39 is 0 Å². The summed E-state index contributed by atoms with van der Waals surface area (Å²) in [6.07, 6.45) is 5.69. The highest BCUT2D eigenvalue weighted by Gasteiger charge is 2.24. The first kappa shape index (κ1) is 18.0. The van der Waals surface area contributed by atoms with E-state index in [9.17, 15) is 0 Å². The normalized spacial score (nSPS) is 19.6. The van der Waals surface area contributed by atoms with Crippen LogP contribution in [0.5, 0.6) is 0 Å². The summed E-state index contributed by atoms with van der Waals surface area (Å²) in [4.78, 5) is 9.09. The van der Waals surface area contributed by atoms with Crippen molar-refractivity contribution in [1.29, 1.82) is 0 Å². The lowest BCUT2D eigenvalue weighted by atomic mass is 9.97. The third-order valence-corrected chi connectivity index (χ3v) is 5.62. The van der Waals surface area contributed by atoms with Gasteiger partial charge in [-0.25, -0.2) is 4.98 Å². The summed E-state index contributed by atoms with van der Waals surface area (Å²) in [5.41, 5.74) is 2.53. The van der Waals surface area contributed by atoms with E-state index in [1.165, 1.54) is 11.1 Å². The first-order chi connectivity index (χ1) is 13.4. The molecule has 0 bridgehead atoms. The van der Waals surface area contributed by atoms with Crippen LogP contribution < -0.4 is 5.32 Å². The lowest BCUT2D eigenvalue weighted by Gasteiger charge is -2.30. The van der Waals surface area contributed by atoms with Gasteiger partial charge in [-0.15, -0.1) is 11.8 Å². The number of rotatable bonds is 6. The van der Waals surface area contributed by atoms with Crippen LogP contribution in [0.2, 0.25) is 0 Å². The third-order valence-electron chi connectivity index (χ3n) is 4.65. The number of hydrogen-bond acceptors (Lipinski definition) is 5. The second kappa shape index (κ2) is 9.02. The lowest BCUT2D eigenvalue weighted by molar-refractivity contribution is 0.00973. The molecule has 0 radical (unpaired) electrons. The smallest absolute Gasteiger partial charge is 0.146 e. The molecule has 3 aromatic rings. The Labute approximate surface area is 164 Å². The zero-order valence-corrected chi connectivity index (χ0v) is 15.9. The number of aromatic nitrogens is 2. The summed E-state index contributed by atoms with van der Waals surface area (Å²) in [6.45, 7) is 0.757. The van der Waals surface area contributed by atoms with Crippen molar-refractivity contribution < 1.29 is 4.74 Å². The van der Waals surface area contributed by atoms with Crippen LogP contribution in [0.3, 0.4) is 0 Å². The predicted octanol–water partition coefficient (Wildman–Crippen LogP) is 5.10. The van der Waals surface area contributed by atoms with E-state index in [1.54, 1.807) is 18.0 Å². The average molecular weight is 378 g/mol. The second-order valence-electron chi connectivity index (χ2n) is 6.65. The van der Waals surface area contributed by atoms with Crippen molar-refractivity contribution in [2.75, 3.05) is 11.9 Å². The Morgan fingerprint density at radius 1 is 1.00 bits per heavy atom. The highest BCUT2D eigenvalue weighted by Crippen LogP contribution is 2.29. The number of anilines is 1. The molecule has 1 fully saturated rings. The van der Waals surface area contributed by atoms with Gasteiger partial charge in [0.2, 0.25) is 0 Å². The molecular formula is C22H23N3OS. The van der Waals surface area contributed by atoms with Gasteiger partial charge in [-0.3, -0.25) is 4.98 Å². The molecule has 2 atom stereocenters. The fourth-order valence-electron chi connectivity index (χ4n) is 3.26. The van der Waals surface area contributed by atoms with Crippen molar-refractivity contribution >= 4 is 17.6 Å². The third kappa shape index (κ3) is 5.08. The van der Waals surface area contributed by atoms with Gasteiger partial charge >= 0.3 is 0 Å². The maximum Gasteiger partial charge on any atom is 0.146 e. The van der Waals surface area contributed by atoms with E-state index in [0.29, 0.717) is 6.04 Å². The number of hydrogen-bond donors (Lipinski definition) is 1. The molecule has 2 heterocycles. The van der Waals surface area contributed by atoms with Crippen LogP contribution in [-0.4, -0.2) is 22.6 Å². The molecule has 2 aromatic carbocycles. The monoisotopic (exact) mass is 377 g/mol. The van der Waals surface area contributed by atoms with Crippen LogP contribution >= 0.6 is 11.8 Å². The van der Waals surface area contributed by atoms with E-state index in [2.05, 4.69) is 58.8 Å². The van der Waals surface area contributed by atoms with Gasteiger partial charge in [-0.1, -0.05) is 60.7 Å². The Kier molecular flexibility index (Phi) is 6.02. The minimum absolute atomic E-state index is 0.140. The summed E-state index contributed by atoms with van der Waals surface area (Å²) in [7, 11) is 0. The molecule has 138 valence electrons. The van der Waals surface area contributed by atoms with Gasteiger partial charge < -0.3 is 10.1 Å². The SMILES string of the molecule is c1ccc(CSc2cncc(NC3CCOC(c4ccccc4)C3)n2)cc1. The van der Waals surface area contributed by atoms with E-state index >= 15 is 0 Å². The number of benzene rings is 2. The molecule has 2 unspecified atom stereocenters. The molecule has 0 saturated carbocycles. The number of thioether (sulfide) groups is 1. The summed E-state index contributed by atoms with van der Waals surface area (Å²) >= 11 is 1.71. The zero-order valence-electron chi connectivity index (χ0n) is 15.1. The van der Waals surface area contributed by atoms with Gasteiger partial charge in [0.25, 0.3) is 0 Å². The van der Waals surface area contributed by atoms with Crippen molar-refractivity contribution in [1.82, 2.24) is 9.97 Å². The van der Waals surface area contributed by atoms with E-state index in [-0.39, 0.29) is 6.10 Å². The first-order valence-corrected chi connectivity index (χ1v) is 10.3. The molecule has 27 heavy (non-hydrogen) atoms. The predicted molar refractivity (Wildman–Crippen MR) is 110 cm³/mol. The van der Waals surface area contributed by atoms with Crippen molar-refractivity contribution in [3.05, 3.63) is 84.2 Å². The topological polar surface area (TPSA) is 47.0 Å². The largest absolute Gasteiger partial charge is 0.373 e. The van der Waals surface area contributed by atoms with Crippen LogP contribution in [0, 0.1) is 0 Å². The molecule has 1 aliphatic rings. The van der Waals surface area contributed by atoms with Gasteiger partial charge in [0.15, 0.2) is 0 Å². The van der Waals surface area contributed by atoms with Crippen LogP contribution in [0.4, 0.5) is 5.82 Å². The molecule has 0 spiro atoms. The van der Waals surface area contributed by atoms with Crippen molar-refractivity contribution in [3.63, 3.8) is 0 Å². The van der Waals surface area contributed by atoms with Gasteiger partial charge in [0.1, 0.15) is 10.8 Å². The molecule has 1 aromatic heterocycles. The molecule has 1 saturated heterocycles. The Morgan fingerprint density at radius 2 is 1.78 bits per heavy atom. The Morgan fingerprint density at radius 3 is 2.59 bits per heavy atom. The van der Waals surface area contributed by atoms with Crippen molar-refractivity contribution in [2.24, 2.45) is 0 Å². The van der Waals surface area contributed by atoms with E-state index in [4.69, 9.17) is 9.72 Å². The van der Waals surface area contributed by atoms with Crippen molar-refractivity contribution in [2.45, 2.75) is 35.8 Å². The highest BCUT2D eigenvalue weighted by molar-refractivity contribution is 7.98. The molecule has 4 rings (SSSR count). The molecule has 5 heteroatoms. The Hall–Kier alpha value is -2.37. The van der Waals surface area contributed by atoms with Crippen LogP contribution in [0.25, 0.3) is 0 Å². The number of nitrogens with one attached hydrogen (secondary N) is 1. The van der Waals surface area contributed by atoms with Crippen LogP contribution in [0.1, 0.15) is 30.1 Å². The quantitative estimate of drug-likeness (QED) is 0.606. The molecule has 0 aliphatic carbocycles. The maximum absolute atomic E-state index is 5.96. The first-order valence-electron chi connectivity index (χ1n) is 9.29. The summed E-state index contributed by atoms with van der Waals surface area (Å²) in [5.74, 6) is 1.73. The molecular weight excluding hydrogens is 354 g/mol. The fraction of sp³-hybridized carbons (Fsp3) is 0.273. The second-order valence-corrected chi connectivity index (χ2v) is 7.65. The standard InChI is InChI=1S/C22H23N3OS/c1-3-7-17(8-4-1)16-27-22-15-23-14-21(25-22)24-19-11-12-26-20(13-19)18-9-5-2-6-10-18/h1-10,14-15,19-20H,11-13,16H2,(H,24,25). The highest BCUT2D eigenvalue weighted by atomic mass is 32.2. The average Bonchev–Trinajstić information content (AvgIpc) is 2.74. The molecule has 4 nitrogen and oxygen atoms in total. The summed E-state index contributed by atoms with van der Waals surface area (Å²) < 4.78 is 5.96.